The number of hydrogen-bond acceptors (Lipinski definition) is 3. The zero-order valence-corrected chi connectivity index (χ0v) is 10.3. The van der Waals surface area contributed by atoms with Crippen LogP contribution in [0.25, 0.3) is 5.69 Å². The summed E-state index contributed by atoms with van der Waals surface area (Å²) in [5.41, 5.74) is -0.191. The van der Waals surface area contributed by atoms with Crippen LogP contribution < -0.4 is 16.1 Å². The molecule has 18 heavy (non-hydrogen) atoms. The van der Waals surface area contributed by atoms with E-state index in [1.807, 2.05) is 6.92 Å². The van der Waals surface area contributed by atoms with Gasteiger partial charge in [0, 0.05) is 6.54 Å². The lowest BCUT2D eigenvalue weighted by Gasteiger charge is -2.09. The van der Waals surface area contributed by atoms with Gasteiger partial charge in [0.1, 0.15) is 5.75 Å². The summed E-state index contributed by atoms with van der Waals surface area (Å²) in [7, 11) is 1.57. The van der Waals surface area contributed by atoms with E-state index in [0.29, 0.717) is 18.0 Å². The van der Waals surface area contributed by atoms with Gasteiger partial charge in [-0.05, 0) is 30.7 Å². The first-order chi connectivity index (χ1) is 8.67. The topological polar surface area (TPSA) is 69.0 Å². The van der Waals surface area contributed by atoms with Crippen molar-refractivity contribution in [1.82, 2.24) is 14.3 Å². The summed E-state index contributed by atoms with van der Waals surface area (Å²) in [6.45, 7) is 2.44. The molecule has 0 atom stereocenters. The highest BCUT2D eigenvalue weighted by atomic mass is 16.5. The summed E-state index contributed by atoms with van der Waals surface area (Å²) in [6.07, 6.45) is 0.771. The second-order valence-electron chi connectivity index (χ2n) is 3.87. The van der Waals surface area contributed by atoms with Crippen molar-refractivity contribution >= 4 is 0 Å². The van der Waals surface area contributed by atoms with Crippen molar-refractivity contribution < 1.29 is 4.74 Å². The Bertz CT molecular complexity index is 634. The fourth-order valence-corrected chi connectivity index (χ4v) is 1.80. The van der Waals surface area contributed by atoms with Gasteiger partial charge < -0.3 is 4.74 Å². The third-order valence-corrected chi connectivity index (χ3v) is 2.63. The average Bonchev–Trinajstić information content (AvgIpc) is 2.65. The Balaban J connectivity index is 2.55. The minimum absolute atomic E-state index is 0.391. The monoisotopic (exact) mass is 249 g/mol. The summed E-state index contributed by atoms with van der Waals surface area (Å²) in [5, 5.41) is 0. The number of benzene rings is 1. The molecule has 0 amide bonds. The molecule has 6 heteroatoms. The first-order valence-electron chi connectivity index (χ1n) is 5.74. The molecule has 0 spiro atoms. The SMILES string of the molecule is CCCn1c(=O)[nH]c(=O)n1-c1ccc(OC)cc1. The van der Waals surface area contributed by atoms with Crippen molar-refractivity contribution in [3.63, 3.8) is 0 Å². The molecular formula is C12H15N3O3. The van der Waals surface area contributed by atoms with E-state index in [9.17, 15) is 9.59 Å². The van der Waals surface area contributed by atoms with Gasteiger partial charge in [0.05, 0.1) is 12.8 Å². The number of ether oxygens (including phenoxy) is 1. The van der Waals surface area contributed by atoms with Gasteiger partial charge in [-0.25, -0.2) is 14.3 Å². The van der Waals surface area contributed by atoms with E-state index < -0.39 is 11.4 Å². The lowest BCUT2D eigenvalue weighted by Crippen LogP contribution is -2.25. The lowest BCUT2D eigenvalue weighted by atomic mass is 10.3. The number of hydrogen-bond donors (Lipinski definition) is 1. The number of nitrogens with one attached hydrogen (secondary N) is 1. The van der Waals surface area contributed by atoms with Crippen molar-refractivity contribution in [3.8, 4) is 11.4 Å². The maximum atomic E-state index is 11.7. The van der Waals surface area contributed by atoms with Crippen LogP contribution in [0.4, 0.5) is 0 Å². The largest absolute Gasteiger partial charge is 0.497 e. The van der Waals surface area contributed by atoms with Crippen LogP contribution in [0.5, 0.6) is 5.75 Å². The van der Waals surface area contributed by atoms with Crippen molar-refractivity contribution in [2.45, 2.75) is 19.9 Å². The molecule has 0 aliphatic carbocycles. The van der Waals surface area contributed by atoms with Crippen LogP contribution in [0.1, 0.15) is 13.3 Å². The van der Waals surface area contributed by atoms with Gasteiger partial charge in [-0.1, -0.05) is 6.92 Å². The van der Waals surface area contributed by atoms with E-state index >= 15 is 0 Å². The normalized spacial score (nSPS) is 10.6. The van der Waals surface area contributed by atoms with Crippen LogP contribution in [-0.2, 0) is 6.54 Å². The summed E-state index contributed by atoms with van der Waals surface area (Å²) < 4.78 is 7.79. The van der Waals surface area contributed by atoms with Crippen molar-refractivity contribution in [1.29, 1.82) is 0 Å². The quantitative estimate of drug-likeness (QED) is 0.869. The molecular weight excluding hydrogens is 234 g/mol. The molecule has 2 aromatic rings. The van der Waals surface area contributed by atoms with Gasteiger partial charge in [0.2, 0.25) is 0 Å². The van der Waals surface area contributed by atoms with Gasteiger partial charge in [0.25, 0.3) is 0 Å². The minimum atomic E-state index is -0.432. The number of nitrogens with zero attached hydrogens (tertiary/aromatic N) is 2. The second kappa shape index (κ2) is 4.95. The van der Waals surface area contributed by atoms with Gasteiger partial charge >= 0.3 is 11.4 Å². The molecule has 0 fully saturated rings. The maximum absolute atomic E-state index is 11.7. The molecule has 0 radical (unpaired) electrons. The Labute approximate surface area is 103 Å². The van der Waals surface area contributed by atoms with Gasteiger partial charge in [0.15, 0.2) is 0 Å². The molecule has 2 rings (SSSR count). The zero-order valence-electron chi connectivity index (χ0n) is 10.3. The second-order valence-corrected chi connectivity index (χ2v) is 3.87. The van der Waals surface area contributed by atoms with Gasteiger partial charge in [-0.15, -0.1) is 0 Å². The van der Waals surface area contributed by atoms with E-state index in [2.05, 4.69) is 4.98 Å². The van der Waals surface area contributed by atoms with Crippen LogP contribution in [0, 0.1) is 0 Å². The number of rotatable bonds is 4. The van der Waals surface area contributed by atoms with Crippen LogP contribution in [0.3, 0.4) is 0 Å². The van der Waals surface area contributed by atoms with E-state index in [0.717, 1.165) is 6.42 Å². The Morgan fingerprint density at radius 2 is 1.83 bits per heavy atom. The zero-order chi connectivity index (χ0) is 13.1. The first kappa shape index (κ1) is 12.2. The first-order valence-corrected chi connectivity index (χ1v) is 5.74. The molecule has 0 saturated heterocycles. The van der Waals surface area contributed by atoms with Crippen LogP contribution in [-0.4, -0.2) is 21.5 Å². The fourth-order valence-electron chi connectivity index (χ4n) is 1.80. The highest BCUT2D eigenvalue weighted by molar-refractivity contribution is 5.36. The highest BCUT2D eigenvalue weighted by Crippen LogP contribution is 2.13. The smallest absolute Gasteiger partial charge is 0.349 e. The molecule has 96 valence electrons. The van der Waals surface area contributed by atoms with Crippen LogP contribution in [0.15, 0.2) is 33.9 Å². The highest BCUT2D eigenvalue weighted by Gasteiger charge is 2.10. The van der Waals surface area contributed by atoms with Gasteiger partial charge in [-0.3, -0.25) is 4.98 Å². The Morgan fingerprint density at radius 3 is 2.39 bits per heavy atom. The van der Waals surface area contributed by atoms with E-state index in [1.54, 1.807) is 31.4 Å². The third kappa shape index (κ3) is 2.09. The molecule has 0 aliphatic heterocycles. The molecule has 1 heterocycles. The molecule has 1 aromatic carbocycles. The van der Waals surface area contributed by atoms with Crippen molar-refractivity contribution in [2.75, 3.05) is 7.11 Å². The van der Waals surface area contributed by atoms with E-state index in [4.69, 9.17) is 4.74 Å². The number of aromatic amines is 1. The Kier molecular flexibility index (Phi) is 3.36. The predicted octanol–water partition coefficient (Wildman–Crippen LogP) is 0.746. The lowest BCUT2D eigenvalue weighted by molar-refractivity contribution is 0.414. The molecule has 6 nitrogen and oxygen atoms in total. The number of aromatic nitrogens is 3. The molecule has 0 saturated carbocycles. The summed E-state index contributed by atoms with van der Waals surface area (Å²) in [5.74, 6) is 0.701. The molecule has 0 unspecified atom stereocenters. The fraction of sp³-hybridized carbons (Fsp3) is 0.333. The van der Waals surface area contributed by atoms with Crippen LogP contribution >= 0.6 is 0 Å². The third-order valence-electron chi connectivity index (χ3n) is 2.63. The Hall–Kier alpha value is -2.24. The summed E-state index contributed by atoms with van der Waals surface area (Å²) in [4.78, 5) is 25.6. The van der Waals surface area contributed by atoms with Crippen molar-refractivity contribution in [3.05, 3.63) is 45.2 Å². The standard InChI is InChI=1S/C12H15N3O3/c1-3-8-14-11(16)13-12(17)15(14)9-4-6-10(18-2)7-5-9/h4-7H,3,8H2,1-2H3,(H,13,16,17). The molecule has 0 bridgehead atoms. The van der Waals surface area contributed by atoms with E-state index in [1.165, 1.54) is 9.36 Å². The molecule has 0 aliphatic rings. The Morgan fingerprint density at radius 1 is 1.17 bits per heavy atom. The summed E-state index contributed by atoms with van der Waals surface area (Å²) in [6, 6.07) is 6.96. The average molecular weight is 249 g/mol. The maximum Gasteiger partial charge on any atom is 0.349 e. The van der Waals surface area contributed by atoms with Crippen LogP contribution in [0.2, 0.25) is 0 Å². The predicted molar refractivity (Wildman–Crippen MR) is 67.5 cm³/mol. The number of methoxy groups -OCH3 is 1. The molecule has 1 N–H and O–H groups in total. The van der Waals surface area contributed by atoms with E-state index in [-0.39, 0.29) is 0 Å². The van der Waals surface area contributed by atoms with Crippen molar-refractivity contribution in [2.24, 2.45) is 0 Å². The minimum Gasteiger partial charge on any atom is -0.497 e. The van der Waals surface area contributed by atoms with Gasteiger partial charge in [-0.2, -0.15) is 4.68 Å². The molecule has 1 aromatic heterocycles. The summed E-state index contributed by atoms with van der Waals surface area (Å²) >= 11 is 0. The number of H-pyrrole nitrogens is 1.